The Bertz CT molecular complexity index is 1240. The molecule has 2 aromatic carbocycles. The Kier molecular flexibility index (Phi) is 8.52. The summed E-state index contributed by atoms with van der Waals surface area (Å²) in [5.41, 5.74) is -0.107. The molecule has 3 aliphatic heterocycles. The van der Waals surface area contributed by atoms with Crippen LogP contribution in [-0.2, 0) is 32.1 Å². The van der Waals surface area contributed by atoms with E-state index >= 15 is 0 Å². The number of fused-ring (bicyclic) bond motifs is 1. The Morgan fingerprint density at radius 3 is 2.32 bits per heavy atom. The summed E-state index contributed by atoms with van der Waals surface area (Å²) in [7, 11) is 0. The summed E-state index contributed by atoms with van der Waals surface area (Å²) in [5.74, 6) is -2.41. The maximum atomic E-state index is 14.5. The Morgan fingerprint density at radius 1 is 1.02 bits per heavy atom. The lowest BCUT2D eigenvalue weighted by Crippen LogP contribution is -2.58. The third-order valence-corrected chi connectivity index (χ3v) is 9.59. The van der Waals surface area contributed by atoms with E-state index in [4.69, 9.17) is 4.74 Å². The van der Waals surface area contributed by atoms with Gasteiger partial charge >= 0.3 is 0 Å². The lowest BCUT2D eigenvalue weighted by Gasteiger charge is -2.37. The van der Waals surface area contributed by atoms with Crippen LogP contribution in [-0.4, -0.2) is 64.2 Å². The molecule has 3 heterocycles. The average Bonchev–Trinajstić information content (AvgIpc) is 3.50. The Hall–Kier alpha value is -3.23. The van der Waals surface area contributed by atoms with E-state index in [-0.39, 0.29) is 30.2 Å². The number of amides is 3. The van der Waals surface area contributed by atoms with Gasteiger partial charge in [0.1, 0.15) is 11.6 Å². The molecule has 2 bridgehead atoms. The molecule has 3 amide bonds. The molecule has 7 atom stereocenters. The molecule has 41 heavy (non-hydrogen) atoms. The van der Waals surface area contributed by atoms with Gasteiger partial charge in [0.15, 0.2) is 0 Å². The molecule has 5 rings (SSSR count). The molecule has 0 saturated carbocycles. The van der Waals surface area contributed by atoms with Gasteiger partial charge in [0.2, 0.25) is 17.7 Å². The summed E-state index contributed by atoms with van der Waals surface area (Å²) in [6.45, 7) is 6.60. The van der Waals surface area contributed by atoms with Crippen LogP contribution in [0.5, 0.6) is 0 Å². The first kappa shape index (κ1) is 29.3. The third-order valence-electron chi connectivity index (χ3n) is 9.59. The van der Waals surface area contributed by atoms with Crippen molar-refractivity contribution in [2.45, 2.75) is 82.7 Å². The lowest BCUT2D eigenvalue weighted by molar-refractivity contribution is -0.150. The van der Waals surface area contributed by atoms with Crippen LogP contribution in [0, 0.1) is 17.8 Å². The minimum absolute atomic E-state index is 0.0453. The van der Waals surface area contributed by atoms with Crippen molar-refractivity contribution in [2.75, 3.05) is 13.2 Å². The van der Waals surface area contributed by atoms with Crippen molar-refractivity contribution in [3.8, 4) is 0 Å². The highest BCUT2D eigenvalue weighted by Crippen LogP contribution is 2.65. The van der Waals surface area contributed by atoms with Crippen LogP contribution in [0.15, 0.2) is 60.7 Å². The van der Waals surface area contributed by atoms with Gasteiger partial charge < -0.3 is 25.4 Å². The molecule has 0 aromatic heterocycles. The SMILES string of the molecule is CCCCCNC(=O)C1N([C@@H](CO)Cc2ccccc2)C(=O)[C@@H]2[C@@H](C(=O)NCc3ccccc3)[C@]3(C)OC12CC3C. The zero-order valence-electron chi connectivity index (χ0n) is 24.3. The predicted molar refractivity (Wildman–Crippen MR) is 155 cm³/mol. The van der Waals surface area contributed by atoms with Crippen LogP contribution in [0.3, 0.4) is 0 Å². The fourth-order valence-corrected chi connectivity index (χ4v) is 7.48. The molecule has 220 valence electrons. The molecule has 0 aliphatic carbocycles. The highest BCUT2D eigenvalue weighted by Gasteiger charge is 2.80. The number of unbranched alkanes of at least 4 members (excludes halogenated alkanes) is 2. The van der Waals surface area contributed by atoms with Gasteiger partial charge in [-0.2, -0.15) is 0 Å². The van der Waals surface area contributed by atoms with Crippen LogP contribution in [0.25, 0.3) is 0 Å². The first-order valence-electron chi connectivity index (χ1n) is 15.0. The minimum atomic E-state index is -1.14. The predicted octanol–water partition coefficient (Wildman–Crippen LogP) is 3.22. The van der Waals surface area contributed by atoms with E-state index in [2.05, 4.69) is 17.6 Å². The Balaban J connectivity index is 1.49. The zero-order chi connectivity index (χ0) is 29.2. The molecule has 0 radical (unpaired) electrons. The van der Waals surface area contributed by atoms with Crippen molar-refractivity contribution >= 4 is 17.7 Å². The van der Waals surface area contributed by atoms with Crippen molar-refractivity contribution < 1.29 is 24.2 Å². The molecular formula is C33H43N3O5. The number of aliphatic hydroxyl groups is 1. The number of carbonyl (C=O) groups excluding carboxylic acids is 3. The van der Waals surface area contributed by atoms with Gasteiger partial charge in [0, 0.05) is 13.1 Å². The number of hydrogen-bond acceptors (Lipinski definition) is 5. The second-order valence-electron chi connectivity index (χ2n) is 12.2. The summed E-state index contributed by atoms with van der Waals surface area (Å²) in [6, 6.07) is 17.8. The van der Waals surface area contributed by atoms with Gasteiger partial charge in [-0.15, -0.1) is 0 Å². The van der Waals surface area contributed by atoms with Crippen molar-refractivity contribution in [2.24, 2.45) is 17.8 Å². The second-order valence-corrected chi connectivity index (χ2v) is 12.2. The molecule has 8 nitrogen and oxygen atoms in total. The number of rotatable bonds is 12. The smallest absolute Gasteiger partial charge is 0.245 e. The van der Waals surface area contributed by atoms with Crippen molar-refractivity contribution in [1.29, 1.82) is 0 Å². The summed E-state index contributed by atoms with van der Waals surface area (Å²) >= 11 is 0. The van der Waals surface area contributed by atoms with Gasteiger partial charge in [-0.1, -0.05) is 87.4 Å². The highest BCUT2D eigenvalue weighted by molar-refractivity contribution is 5.99. The standard InChI is InChI=1S/C33H43N3O5/c1-4-5-12-17-34-30(39)28-33-19-22(2)32(3,41-33)26(29(38)35-20-24-15-10-7-11-16-24)27(33)31(40)36(28)25(21-37)18-23-13-8-6-9-14-23/h6-11,13-16,22,25-28,37H,4-5,12,17-21H2,1-3H3,(H,34,39)(H,35,38)/t22?,25-,26+,27+,28?,32-,33?/m1/s1. The number of aliphatic hydroxyl groups excluding tert-OH is 1. The van der Waals surface area contributed by atoms with Gasteiger partial charge in [-0.25, -0.2) is 0 Å². The van der Waals surface area contributed by atoms with E-state index in [0.29, 0.717) is 25.9 Å². The number of nitrogens with zero attached hydrogens (tertiary/aromatic N) is 1. The van der Waals surface area contributed by atoms with Crippen LogP contribution < -0.4 is 10.6 Å². The van der Waals surface area contributed by atoms with Crippen molar-refractivity contribution in [3.05, 3.63) is 71.8 Å². The highest BCUT2D eigenvalue weighted by atomic mass is 16.5. The molecule has 3 N–H and O–H groups in total. The average molecular weight is 562 g/mol. The van der Waals surface area contributed by atoms with Gasteiger partial charge in [-0.05, 0) is 43.2 Å². The summed E-state index contributed by atoms with van der Waals surface area (Å²) in [4.78, 5) is 43.9. The fourth-order valence-electron chi connectivity index (χ4n) is 7.48. The van der Waals surface area contributed by atoms with Crippen LogP contribution in [0.1, 0.15) is 57.6 Å². The maximum absolute atomic E-state index is 14.5. The lowest BCUT2D eigenvalue weighted by atomic mass is 9.62. The first-order chi connectivity index (χ1) is 19.8. The second kappa shape index (κ2) is 11.9. The molecule has 3 aliphatic rings. The van der Waals surface area contributed by atoms with E-state index in [9.17, 15) is 19.5 Å². The summed E-state index contributed by atoms with van der Waals surface area (Å²) in [6.07, 6.45) is 3.74. The Labute approximate surface area is 242 Å². The van der Waals surface area contributed by atoms with E-state index < -0.39 is 35.1 Å². The normalized spacial score (nSPS) is 30.7. The largest absolute Gasteiger partial charge is 0.394 e. The molecule has 1 spiro atoms. The monoisotopic (exact) mass is 561 g/mol. The van der Waals surface area contributed by atoms with E-state index in [1.807, 2.05) is 74.5 Å². The van der Waals surface area contributed by atoms with E-state index in [1.165, 1.54) is 0 Å². The van der Waals surface area contributed by atoms with Crippen molar-refractivity contribution in [1.82, 2.24) is 15.5 Å². The molecule has 3 saturated heterocycles. The van der Waals surface area contributed by atoms with Crippen LogP contribution >= 0.6 is 0 Å². The minimum Gasteiger partial charge on any atom is -0.394 e. The van der Waals surface area contributed by atoms with E-state index in [1.54, 1.807) is 4.90 Å². The number of benzene rings is 2. The molecular weight excluding hydrogens is 518 g/mol. The number of nitrogens with one attached hydrogen (secondary N) is 2. The quantitative estimate of drug-likeness (QED) is 0.345. The third kappa shape index (κ3) is 5.17. The van der Waals surface area contributed by atoms with Gasteiger partial charge in [0.25, 0.3) is 0 Å². The van der Waals surface area contributed by atoms with Crippen LogP contribution in [0.4, 0.5) is 0 Å². The topological polar surface area (TPSA) is 108 Å². The van der Waals surface area contributed by atoms with E-state index in [0.717, 1.165) is 30.4 Å². The zero-order valence-corrected chi connectivity index (χ0v) is 24.3. The maximum Gasteiger partial charge on any atom is 0.245 e. The number of hydrogen-bond donors (Lipinski definition) is 3. The number of likely N-dealkylation sites (tertiary alicyclic amines) is 1. The van der Waals surface area contributed by atoms with Crippen LogP contribution in [0.2, 0.25) is 0 Å². The molecule has 3 fully saturated rings. The summed E-state index contributed by atoms with van der Waals surface area (Å²) in [5, 5.41) is 16.7. The number of carbonyl (C=O) groups is 3. The fraction of sp³-hybridized carbons (Fsp3) is 0.545. The first-order valence-corrected chi connectivity index (χ1v) is 15.0. The van der Waals surface area contributed by atoms with Gasteiger partial charge in [0.05, 0.1) is 30.1 Å². The molecule has 3 unspecified atom stereocenters. The summed E-state index contributed by atoms with van der Waals surface area (Å²) < 4.78 is 6.81. The number of ether oxygens (including phenoxy) is 1. The van der Waals surface area contributed by atoms with Gasteiger partial charge in [-0.3, -0.25) is 14.4 Å². The molecule has 2 aromatic rings. The Morgan fingerprint density at radius 2 is 1.68 bits per heavy atom. The van der Waals surface area contributed by atoms with Crippen molar-refractivity contribution in [3.63, 3.8) is 0 Å². The molecule has 8 heteroatoms.